The topological polar surface area (TPSA) is 50.4 Å². The minimum atomic E-state index is 0.0461. The molecule has 0 fully saturated rings. The first-order chi connectivity index (χ1) is 9.10. The van der Waals surface area contributed by atoms with Crippen LogP contribution in [-0.2, 0) is 11.2 Å². The molecular weight excluding hydrogens is 240 g/mol. The molecular formula is C15H24N2O2. The van der Waals surface area contributed by atoms with Crippen LogP contribution in [0.25, 0.3) is 0 Å². The lowest BCUT2D eigenvalue weighted by atomic mass is 10.00. The summed E-state index contributed by atoms with van der Waals surface area (Å²) >= 11 is 0. The van der Waals surface area contributed by atoms with Crippen molar-refractivity contribution in [1.29, 1.82) is 0 Å². The summed E-state index contributed by atoms with van der Waals surface area (Å²) in [5.74, 6) is 0.960. The number of hydrogen-bond acceptors (Lipinski definition) is 3. The number of benzene rings is 1. The zero-order valence-electron chi connectivity index (χ0n) is 12.3. The molecule has 0 aromatic heterocycles. The Bertz CT molecular complexity index is 430. The monoisotopic (exact) mass is 264 g/mol. The number of methoxy groups -OCH3 is 1. The van der Waals surface area contributed by atoms with E-state index in [0.29, 0.717) is 13.1 Å². The molecule has 1 aromatic carbocycles. The van der Waals surface area contributed by atoms with E-state index in [0.717, 1.165) is 18.7 Å². The highest BCUT2D eigenvalue weighted by molar-refractivity contribution is 5.77. The molecule has 0 saturated carbocycles. The Kier molecular flexibility index (Phi) is 6.36. The summed E-state index contributed by atoms with van der Waals surface area (Å²) in [6, 6.07) is 4.05. The second-order valence-electron chi connectivity index (χ2n) is 4.56. The van der Waals surface area contributed by atoms with Crippen molar-refractivity contribution >= 4 is 5.91 Å². The van der Waals surface area contributed by atoms with E-state index in [4.69, 9.17) is 4.74 Å². The van der Waals surface area contributed by atoms with Gasteiger partial charge in [-0.25, -0.2) is 0 Å². The van der Waals surface area contributed by atoms with E-state index in [1.54, 1.807) is 7.11 Å². The van der Waals surface area contributed by atoms with Gasteiger partial charge in [0, 0.05) is 6.54 Å². The molecule has 0 aliphatic carbocycles. The van der Waals surface area contributed by atoms with Gasteiger partial charge in [0.05, 0.1) is 13.7 Å². The maximum atomic E-state index is 11.5. The van der Waals surface area contributed by atoms with E-state index in [-0.39, 0.29) is 5.91 Å². The number of rotatable bonds is 7. The number of carbonyl (C=O) groups is 1. The summed E-state index contributed by atoms with van der Waals surface area (Å²) in [5.41, 5.74) is 3.65. The fourth-order valence-corrected chi connectivity index (χ4v) is 1.98. The van der Waals surface area contributed by atoms with Crippen LogP contribution in [0.5, 0.6) is 5.75 Å². The van der Waals surface area contributed by atoms with Gasteiger partial charge in [0.25, 0.3) is 0 Å². The van der Waals surface area contributed by atoms with Gasteiger partial charge in [-0.05, 0) is 49.6 Å². The summed E-state index contributed by atoms with van der Waals surface area (Å²) in [6.45, 7) is 7.99. The summed E-state index contributed by atoms with van der Waals surface area (Å²) in [6.07, 6.45) is 0.842. The van der Waals surface area contributed by atoms with Crippen molar-refractivity contribution in [2.75, 3.05) is 26.7 Å². The number of likely N-dealkylation sites (N-methyl/N-ethyl adjacent to an activating group) is 1. The molecule has 0 heterocycles. The highest BCUT2D eigenvalue weighted by Gasteiger charge is 2.07. The van der Waals surface area contributed by atoms with Crippen LogP contribution in [-0.4, -0.2) is 32.7 Å². The van der Waals surface area contributed by atoms with Crippen LogP contribution in [0.2, 0.25) is 0 Å². The van der Waals surface area contributed by atoms with E-state index in [1.165, 1.54) is 16.7 Å². The average Bonchev–Trinajstić information content (AvgIpc) is 2.41. The highest BCUT2D eigenvalue weighted by Crippen LogP contribution is 2.23. The third kappa shape index (κ3) is 4.56. The van der Waals surface area contributed by atoms with Crippen LogP contribution in [0.3, 0.4) is 0 Å². The fourth-order valence-electron chi connectivity index (χ4n) is 1.98. The first-order valence-electron chi connectivity index (χ1n) is 6.70. The zero-order valence-corrected chi connectivity index (χ0v) is 12.3. The lowest BCUT2D eigenvalue weighted by molar-refractivity contribution is -0.120. The van der Waals surface area contributed by atoms with Gasteiger partial charge in [-0.15, -0.1) is 0 Å². The maximum absolute atomic E-state index is 11.5. The van der Waals surface area contributed by atoms with Crippen LogP contribution < -0.4 is 15.4 Å². The molecule has 4 heteroatoms. The van der Waals surface area contributed by atoms with E-state index in [1.807, 2.05) is 13.0 Å². The van der Waals surface area contributed by atoms with Crippen LogP contribution in [0, 0.1) is 13.8 Å². The molecule has 0 bridgehead atoms. The van der Waals surface area contributed by atoms with E-state index in [2.05, 4.69) is 30.5 Å². The highest BCUT2D eigenvalue weighted by atomic mass is 16.5. The second-order valence-corrected chi connectivity index (χ2v) is 4.56. The Morgan fingerprint density at radius 3 is 2.63 bits per heavy atom. The molecule has 0 unspecified atom stereocenters. The normalized spacial score (nSPS) is 10.3. The lowest BCUT2D eigenvalue weighted by Crippen LogP contribution is -2.34. The number of nitrogens with one attached hydrogen (secondary N) is 2. The third-order valence-corrected chi connectivity index (χ3v) is 3.32. The van der Waals surface area contributed by atoms with Crippen molar-refractivity contribution in [3.05, 3.63) is 28.8 Å². The molecule has 2 N–H and O–H groups in total. The van der Waals surface area contributed by atoms with Crippen LogP contribution in [0.15, 0.2) is 12.1 Å². The van der Waals surface area contributed by atoms with Gasteiger partial charge in [0.1, 0.15) is 5.75 Å². The summed E-state index contributed by atoms with van der Waals surface area (Å²) in [4.78, 5) is 11.5. The van der Waals surface area contributed by atoms with Crippen molar-refractivity contribution in [3.63, 3.8) is 0 Å². The smallest absolute Gasteiger partial charge is 0.233 e. The second kappa shape index (κ2) is 7.79. The van der Waals surface area contributed by atoms with Crippen molar-refractivity contribution in [2.24, 2.45) is 0 Å². The third-order valence-electron chi connectivity index (χ3n) is 3.32. The van der Waals surface area contributed by atoms with Gasteiger partial charge >= 0.3 is 0 Å². The minimum Gasteiger partial charge on any atom is -0.496 e. The predicted octanol–water partition coefficient (Wildman–Crippen LogP) is 1.58. The molecule has 4 nitrogen and oxygen atoms in total. The predicted molar refractivity (Wildman–Crippen MR) is 77.7 cm³/mol. The lowest BCUT2D eigenvalue weighted by Gasteiger charge is -2.13. The summed E-state index contributed by atoms with van der Waals surface area (Å²) in [7, 11) is 1.68. The molecule has 106 valence electrons. The molecule has 0 aliphatic heterocycles. The van der Waals surface area contributed by atoms with Crippen molar-refractivity contribution in [2.45, 2.75) is 27.2 Å². The number of hydrogen-bond donors (Lipinski definition) is 2. The van der Waals surface area contributed by atoms with Gasteiger partial charge in [-0.3, -0.25) is 4.79 Å². The SMILES string of the molecule is CCNCC(=O)NCCc1ccc(OC)c(C)c1C. The molecule has 19 heavy (non-hydrogen) atoms. The van der Waals surface area contributed by atoms with Gasteiger partial charge in [0.2, 0.25) is 5.91 Å². The van der Waals surface area contributed by atoms with E-state index >= 15 is 0 Å². The van der Waals surface area contributed by atoms with Crippen LogP contribution in [0.4, 0.5) is 0 Å². The Morgan fingerprint density at radius 2 is 2.00 bits per heavy atom. The molecule has 1 rings (SSSR count). The number of carbonyl (C=O) groups excluding carboxylic acids is 1. The maximum Gasteiger partial charge on any atom is 0.233 e. The Morgan fingerprint density at radius 1 is 1.26 bits per heavy atom. The summed E-state index contributed by atoms with van der Waals surface area (Å²) < 4.78 is 5.29. The largest absolute Gasteiger partial charge is 0.496 e. The van der Waals surface area contributed by atoms with Crippen molar-refractivity contribution in [1.82, 2.24) is 10.6 Å². The molecule has 1 aromatic rings. The van der Waals surface area contributed by atoms with Crippen molar-refractivity contribution < 1.29 is 9.53 Å². The average molecular weight is 264 g/mol. The molecule has 0 atom stereocenters. The Balaban J connectivity index is 2.50. The van der Waals surface area contributed by atoms with E-state index in [9.17, 15) is 4.79 Å². The molecule has 0 saturated heterocycles. The van der Waals surface area contributed by atoms with Crippen molar-refractivity contribution in [3.8, 4) is 5.75 Å². The van der Waals surface area contributed by atoms with Gasteiger partial charge in [-0.2, -0.15) is 0 Å². The summed E-state index contributed by atoms with van der Waals surface area (Å²) in [5, 5.41) is 5.91. The molecule has 0 spiro atoms. The van der Waals surface area contributed by atoms with Gasteiger partial charge < -0.3 is 15.4 Å². The quantitative estimate of drug-likeness (QED) is 0.786. The number of amides is 1. The Hall–Kier alpha value is -1.55. The van der Waals surface area contributed by atoms with Crippen LogP contribution in [0.1, 0.15) is 23.6 Å². The first-order valence-corrected chi connectivity index (χ1v) is 6.70. The molecule has 1 amide bonds. The Labute approximate surface area is 115 Å². The number of ether oxygens (including phenoxy) is 1. The fraction of sp³-hybridized carbons (Fsp3) is 0.533. The molecule has 0 aliphatic rings. The van der Waals surface area contributed by atoms with Gasteiger partial charge in [-0.1, -0.05) is 13.0 Å². The standard InChI is InChI=1S/C15H24N2O2/c1-5-16-10-15(18)17-9-8-13-6-7-14(19-4)12(3)11(13)2/h6-7,16H,5,8-10H2,1-4H3,(H,17,18). The first kappa shape index (κ1) is 15.5. The van der Waals surface area contributed by atoms with Gasteiger partial charge in [0.15, 0.2) is 0 Å². The minimum absolute atomic E-state index is 0.0461. The molecule has 0 radical (unpaired) electrons. The van der Waals surface area contributed by atoms with E-state index < -0.39 is 0 Å². The van der Waals surface area contributed by atoms with Crippen LogP contribution >= 0.6 is 0 Å². The zero-order chi connectivity index (χ0) is 14.3.